The van der Waals surface area contributed by atoms with E-state index in [1.54, 1.807) is 0 Å². The lowest BCUT2D eigenvalue weighted by atomic mass is 9.86. The van der Waals surface area contributed by atoms with E-state index in [9.17, 15) is 0 Å². The molecule has 1 saturated carbocycles. The van der Waals surface area contributed by atoms with E-state index in [0.717, 1.165) is 18.3 Å². The molecule has 1 heteroatoms. The third kappa shape index (κ3) is 1.96. The van der Waals surface area contributed by atoms with E-state index in [0.29, 0.717) is 6.04 Å². The van der Waals surface area contributed by atoms with Gasteiger partial charge in [-0.1, -0.05) is 33.1 Å². The van der Waals surface area contributed by atoms with Crippen LogP contribution in [-0.4, -0.2) is 6.04 Å². The highest BCUT2D eigenvalue weighted by Gasteiger charge is 2.29. The standard InChI is InChI=1S/C10H21N/c1-3-8-6-5-7-9(8)10(11)4-2/h8-10H,3-7,11H2,1-2H3. The molecule has 0 bridgehead atoms. The molecule has 1 nitrogen and oxygen atoms in total. The van der Waals surface area contributed by atoms with Crippen molar-refractivity contribution in [2.24, 2.45) is 17.6 Å². The summed E-state index contributed by atoms with van der Waals surface area (Å²) in [7, 11) is 0. The van der Waals surface area contributed by atoms with Crippen molar-refractivity contribution < 1.29 is 0 Å². The molecule has 3 unspecified atom stereocenters. The molecule has 0 spiro atoms. The minimum Gasteiger partial charge on any atom is -0.327 e. The van der Waals surface area contributed by atoms with Crippen LogP contribution in [-0.2, 0) is 0 Å². The van der Waals surface area contributed by atoms with Crippen molar-refractivity contribution >= 4 is 0 Å². The van der Waals surface area contributed by atoms with Crippen molar-refractivity contribution in [2.45, 2.75) is 52.0 Å². The summed E-state index contributed by atoms with van der Waals surface area (Å²) < 4.78 is 0. The molecular weight excluding hydrogens is 134 g/mol. The van der Waals surface area contributed by atoms with E-state index in [1.165, 1.54) is 25.7 Å². The number of nitrogens with two attached hydrogens (primary N) is 1. The van der Waals surface area contributed by atoms with Gasteiger partial charge in [0.15, 0.2) is 0 Å². The molecule has 1 rings (SSSR count). The molecular formula is C10H21N. The molecule has 0 amide bonds. The summed E-state index contributed by atoms with van der Waals surface area (Å²) in [6.07, 6.45) is 6.71. The summed E-state index contributed by atoms with van der Waals surface area (Å²) in [5.74, 6) is 1.77. The van der Waals surface area contributed by atoms with Crippen LogP contribution in [0.4, 0.5) is 0 Å². The van der Waals surface area contributed by atoms with Crippen LogP contribution in [0.2, 0.25) is 0 Å². The molecule has 0 saturated heterocycles. The van der Waals surface area contributed by atoms with Crippen LogP contribution in [0.5, 0.6) is 0 Å². The van der Waals surface area contributed by atoms with E-state index in [4.69, 9.17) is 5.73 Å². The molecule has 0 aromatic heterocycles. The molecule has 2 N–H and O–H groups in total. The van der Waals surface area contributed by atoms with Gasteiger partial charge in [-0.15, -0.1) is 0 Å². The average molecular weight is 155 g/mol. The van der Waals surface area contributed by atoms with Gasteiger partial charge in [-0.05, 0) is 24.7 Å². The van der Waals surface area contributed by atoms with E-state index >= 15 is 0 Å². The molecule has 66 valence electrons. The summed E-state index contributed by atoms with van der Waals surface area (Å²) in [6, 6.07) is 0.474. The molecule has 1 aliphatic rings. The van der Waals surface area contributed by atoms with Gasteiger partial charge in [-0.25, -0.2) is 0 Å². The third-order valence-corrected chi connectivity index (χ3v) is 3.26. The van der Waals surface area contributed by atoms with Gasteiger partial charge in [-0.2, -0.15) is 0 Å². The monoisotopic (exact) mass is 155 g/mol. The zero-order valence-electron chi connectivity index (χ0n) is 7.84. The van der Waals surface area contributed by atoms with Crippen LogP contribution < -0.4 is 5.73 Å². The van der Waals surface area contributed by atoms with Crippen LogP contribution >= 0.6 is 0 Å². The largest absolute Gasteiger partial charge is 0.327 e. The first-order chi connectivity index (χ1) is 5.29. The normalized spacial score (nSPS) is 34.1. The van der Waals surface area contributed by atoms with Crippen molar-refractivity contribution in [2.75, 3.05) is 0 Å². The Balaban J connectivity index is 2.42. The second-order valence-electron chi connectivity index (χ2n) is 3.84. The Morgan fingerprint density at radius 1 is 1.36 bits per heavy atom. The van der Waals surface area contributed by atoms with Gasteiger partial charge in [0.05, 0.1) is 0 Å². The minimum absolute atomic E-state index is 0.474. The van der Waals surface area contributed by atoms with Crippen LogP contribution in [0.1, 0.15) is 46.0 Å². The van der Waals surface area contributed by atoms with Crippen LogP contribution in [0.25, 0.3) is 0 Å². The maximum absolute atomic E-state index is 6.04. The first-order valence-electron chi connectivity index (χ1n) is 5.05. The Morgan fingerprint density at radius 2 is 2.09 bits per heavy atom. The van der Waals surface area contributed by atoms with Gasteiger partial charge in [-0.3, -0.25) is 0 Å². The predicted octanol–water partition coefficient (Wildman–Crippen LogP) is 2.55. The summed E-state index contributed by atoms with van der Waals surface area (Å²) in [5.41, 5.74) is 6.04. The van der Waals surface area contributed by atoms with E-state index in [1.807, 2.05) is 0 Å². The van der Waals surface area contributed by atoms with Gasteiger partial charge in [0.2, 0.25) is 0 Å². The van der Waals surface area contributed by atoms with Crippen LogP contribution in [0, 0.1) is 11.8 Å². The zero-order chi connectivity index (χ0) is 8.27. The van der Waals surface area contributed by atoms with Crippen LogP contribution in [0.3, 0.4) is 0 Å². The van der Waals surface area contributed by atoms with E-state index in [2.05, 4.69) is 13.8 Å². The second kappa shape index (κ2) is 4.10. The highest BCUT2D eigenvalue weighted by Crippen LogP contribution is 2.36. The Kier molecular flexibility index (Phi) is 3.38. The smallest absolute Gasteiger partial charge is 0.00671 e. The second-order valence-corrected chi connectivity index (χ2v) is 3.84. The zero-order valence-corrected chi connectivity index (χ0v) is 7.84. The van der Waals surface area contributed by atoms with Gasteiger partial charge < -0.3 is 5.73 Å². The van der Waals surface area contributed by atoms with Crippen molar-refractivity contribution in [3.05, 3.63) is 0 Å². The molecule has 1 fully saturated rings. The summed E-state index contributed by atoms with van der Waals surface area (Å²) in [5, 5.41) is 0. The summed E-state index contributed by atoms with van der Waals surface area (Å²) >= 11 is 0. The molecule has 0 aromatic carbocycles. The molecule has 0 aromatic rings. The Bertz CT molecular complexity index is 111. The lowest BCUT2D eigenvalue weighted by Crippen LogP contribution is -2.31. The summed E-state index contributed by atoms with van der Waals surface area (Å²) in [4.78, 5) is 0. The molecule has 1 aliphatic carbocycles. The maximum Gasteiger partial charge on any atom is 0.00671 e. The van der Waals surface area contributed by atoms with Gasteiger partial charge in [0.1, 0.15) is 0 Å². The number of hydrogen-bond acceptors (Lipinski definition) is 1. The van der Waals surface area contributed by atoms with Gasteiger partial charge >= 0.3 is 0 Å². The summed E-state index contributed by atoms with van der Waals surface area (Å²) in [6.45, 7) is 4.50. The molecule has 0 heterocycles. The lowest BCUT2D eigenvalue weighted by Gasteiger charge is -2.23. The van der Waals surface area contributed by atoms with Crippen molar-refractivity contribution in [1.29, 1.82) is 0 Å². The molecule has 0 aliphatic heterocycles. The van der Waals surface area contributed by atoms with Crippen LogP contribution in [0.15, 0.2) is 0 Å². The topological polar surface area (TPSA) is 26.0 Å². The third-order valence-electron chi connectivity index (χ3n) is 3.26. The maximum atomic E-state index is 6.04. The first kappa shape index (κ1) is 9.05. The fourth-order valence-corrected chi connectivity index (χ4v) is 2.44. The highest BCUT2D eigenvalue weighted by molar-refractivity contribution is 4.83. The molecule has 3 atom stereocenters. The Hall–Kier alpha value is -0.0400. The predicted molar refractivity (Wildman–Crippen MR) is 49.4 cm³/mol. The van der Waals surface area contributed by atoms with Crippen molar-refractivity contribution in [3.63, 3.8) is 0 Å². The Labute approximate surface area is 70.4 Å². The first-order valence-corrected chi connectivity index (χ1v) is 5.05. The number of hydrogen-bond donors (Lipinski definition) is 1. The average Bonchev–Trinajstić information content (AvgIpc) is 2.50. The highest BCUT2D eigenvalue weighted by atomic mass is 14.7. The van der Waals surface area contributed by atoms with Gasteiger partial charge in [0.25, 0.3) is 0 Å². The fourth-order valence-electron chi connectivity index (χ4n) is 2.44. The fraction of sp³-hybridized carbons (Fsp3) is 1.00. The number of rotatable bonds is 3. The Morgan fingerprint density at radius 3 is 2.64 bits per heavy atom. The molecule has 0 radical (unpaired) electrons. The van der Waals surface area contributed by atoms with Gasteiger partial charge in [0, 0.05) is 6.04 Å². The van der Waals surface area contributed by atoms with Crippen molar-refractivity contribution in [3.8, 4) is 0 Å². The quantitative estimate of drug-likeness (QED) is 0.666. The van der Waals surface area contributed by atoms with E-state index in [-0.39, 0.29) is 0 Å². The lowest BCUT2D eigenvalue weighted by molar-refractivity contribution is 0.311. The SMILES string of the molecule is CCC(N)C1CCCC1CC. The van der Waals surface area contributed by atoms with E-state index < -0.39 is 0 Å². The van der Waals surface area contributed by atoms with Crippen molar-refractivity contribution in [1.82, 2.24) is 0 Å². The molecule has 11 heavy (non-hydrogen) atoms. The minimum atomic E-state index is 0.474.